The Labute approximate surface area is 123 Å². The van der Waals surface area contributed by atoms with Crippen molar-refractivity contribution in [2.24, 2.45) is 0 Å². The van der Waals surface area contributed by atoms with Gasteiger partial charge in [-0.2, -0.15) is 0 Å². The maximum absolute atomic E-state index is 10.8. The number of pyridine rings is 1. The van der Waals surface area contributed by atoms with Crippen LogP contribution in [0.4, 0.5) is 0 Å². The fourth-order valence-electron chi connectivity index (χ4n) is 2.30. The fraction of sp³-hybridized carbons (Fsp3) is 0.176. The van der Waals surface area contributed by atoms with E-state index in [1.807, 2.05) is 35.0 Å². The van der Waals surface area contributed by atoms with Crippen molar-refractivity contribution < 1.29 is 4.79 Å². The second kappa shape index (κ2) is 5.79. The van der Waals surface area contributed by atoms with Crippen LogP contribution in [-0.2, 0) is 11.2 Å². The first-order valence-corrected chi connectivity index (χ1v) is 7.00. The number of carbonyl (C=O) groups excluding carboxylic acids is 1. The summed E-state index contributed by atoms with van der Waals surface area (Å²) in [4.78, 5) is 15.4. The lowest BCUT2D eigenvalue weighted by Crippen LogP contribution is -2.22. The Kier molecular flexibility index (Phi) is 3.69. The quantitative estimate of drug-likeness (QED) is 0.798. The molecule has 1 amide bonds. The number of nitrogens with one attached hydrogen (secondary N) is 1. The van der Waals surface area contributed by atoms with Crippen molar-refractivity contribution in [2.75, 3.05) is 6.54 Å². The van der Waals surface area contributed by atoms with Crippen LogP contribution in [0, 0.1) is 0 Å². The van der Waals surface area contributed by atoms with E-state index in [9.17, 15) is 4.79 Å². The maximum Gasteiger partial charge on any atom is 0.216 e. The van der Waals surface area contributed by atoms with Gasteiger partial charge >= 0.3 is 0 Å². The summed E-state index contributed by atoms with van der Waals surface area (Å²) in [5.41, 5.74) is 4.22. The topological polar surface area (TPSA) is 46.4 Å². The molecule has 0 saturated heterocycles. The number of aromatic nitrogens is 2. The van der Waals surface area contributed by atoms with Gasteiger partial charge in [0, 0.05) is 31.4 Å². The number of imidazole rings is 1. The molecule has 3 aromatic rings. The van der Waals surface area contributed by atoms with Crippen molar-refractivity contribution in [1.29, 1.82) is 0 Å². The van der Waals surface area contributed by atoms with Gasteiger partial charge in [-0.3, -0.25) is 4.79 Å². The third-order valence-corrected chi connectivity index (χ3v) is 3.40. The van der Waals surface area contributed by atoms with Gasteiger partial charge in [-0.05, 0) is 24.1 Å². The van der Waals surface area contributed by atoms with Crippen LogP contribution in [0.1, 0.15) is 12.5 Å². The van der Waals surface area contributed by atoms with Crippen molar-refractivity contribution in [3.63, 3.8) is 0 Å². The number of carbonyl (C=O) groups is 1. The second-order valence-electron chi connectivity index (χ2n) is 5.02. The molecule has 4 heteroatoms. The van der Waals surface area contributed by atoms with Gasteiger partial charge < -0.3 is 9.72 Å². The number of hydrogen-bond donors (Lipinski definition) is 1. The summed E-state index contributed by atoms with van der Waals surface area (Å²) >= 11 is 0. The molecule has 0 atom stereocenters. The Morgan fingerprint density at radius 1 is 1.19 bits per heavy atom. The second-order valence-corrected chi connectivity index (χ2v) is 5.02. The highest BCUT2D eigenvalue weighted by atomic mass is 16.1. The lowest BCUT2D eigenvalue weighted by molar-refractivity contribution is -0.118. The summed E-state index contributed by atoms with van der Waals surface area (Å²) in [5, 5.41) is 2.80. The first-order chi connectivity index (χ1) is 10.2. The monoisotopic (exact) mass is 279 g/mol. The zero-order chi connectivity index (χ0) is 14.7. The number of hydrogen-bond acceptors (Lipinski definition) is 2. The lowest BCUT2D eigenvalue weighted by Gasteiger charge is -2.03. The smallest absolute Gasteiger partial charge is 0.216 e. The molecule has 0 aliphatic rings. The third kappa shape index (κ3) is 3.11. The minimum atomic E-state index is 0.0105. The van der Waals surface area contributed by atoms with Crippen LogP contribution in [0.25, 0.3) is 16.9 Å². The average Bonchev–Trinajstić information content (AvgIpc) is 2.91. The van der Waals surface area contributed by atoms with Gasteiger partial charge in [0.2, 0.25) is 5.91 Å². The minimum absolute atomic E-state index is 0.0105. The minimum Gasteiger partial charge on any atom is -0.356 e. The molecule has 0 unspecified atom stereocenters. The van der Waals surface area contributed by atoms with Gasteiger partial charge in [0.25, 0.3) is 0 Å². The average molecular weight is 279 g/mol. The molecular weight excluding hydrogens is 262 g/mol. The van der Waals surface area contributed by atoms with E-state index < -0.39 is 0 Å². The molecule has 1 N–H and O–H groups in total. The third-order valence-electron chi connectivity index (χ3n) is 3.40. The van der Waals surface area contributed by atoms with Crippen LogP contribution >= 0.6 is 0 Å². The van der Waals surface area contributed by atoms with Gasteiger partial charge in [-0.1, -0.05) is 30.3 Å². The Balaban J connectivity index is 1.75. The van der Waals surface area contributed by atoms with Crippen LogP contribution in [0.5, 0.6) is 0 Å². The molecule has 0 fully saturated rings. The van der Waals surface area contributed by atoms with E-state index in [0.29, 0.717) is 6.54 Å². The molecule has 21 heavy (non-hydrogen) atoms. The van der Waals surface area contributed by atoms with Crippen LogP contribution < -0.4 is 5.32 Å². The van der Waals surface area contributed by atoms with Crippen molar-refractivity contribution in [3.05, 3.63) is 60.4 Å². The van der Waals surface area contributed by atoms with Crippen molar-refractivity contribution >= 4 is 11.6 Å². The van der Waals surface area contributed by atoms with E-state index in [0.717, 1.165) is 23.3 Å². The Bertz CT molecular complexity index is 726. The molecule has 3 rings (SSSR count). The van der Waals surface area contributed by atoms with E-state index in [-0.39, 0.29) is 5.91 Å². The zero-order valence-electron chi connectivity index (χ0n) is 11.9. The molecule has 0 spiro atoms. The molecule has 0 aliphatic carbocycles. The highest BCUT2D eigenvalue weighted by molar-refractivity contribution is 5.72. The summed E-state index contributed by atoms with van der Waals surface area (Å²) in [7, 11) is 0. The molecular formula is C17H17N3O. The SMILES string of the molecule is CC(=O)NCCc1ccc(-c2cn3ccccc3n2)cc1. The largest absolute Gasteiger partial charge is 0.356 e. The number of amides is 1. The summed E-state index contributed by atoms with van der Waals surface area (Å²) < 4.78 is 2.01. The predicted octanol–water partition coefficient (Wildman–Crippen LogP) is 2.68. The number of benzene rings is 1. The number of fused-ring (bicyclic) bond motifs is 1. The van der Waals surface area contributed by atoms with Gasteiger partial charge in [-0.25, -0.2) is 4.98 Å². The maximum atomic E-state index is 10.8. The number of nitrogens with zero attached hydrogens (tertiary/aromatic N) is 2. The van der Waals surface area contributed by atoms with Crippen LogP contribution in [0.2, 0.25) is 0 Å². The molecule has 1 aromatic carbocycles. The standard InChI is InChI=1S/C17H17N3O/c1-13(21)18-10-9-14-5-7-15(8-6-14)16-12-20-11-3-2-4-17(20)19-16/h2-8,11-12H,9-10H2,1H3,(H,18,21). The molecule has 2 heterocycles. The molecule has 2 aromatic heterocycles. The zero-order valence-corrected chi connectivity index (χ0v) is 11.9. The van der Waals surface area contributed by atoms with Gasteiger partial charge in [-0.15, -0.1) is 0 Å². The van der Waals surface area contributed by atoms with E-state index >= 15 is 0 Å². The van der Waals surface area contributed by atoms with Gasteiger partial charge in [0.15, 0.2) is 0 Å². The van der Waals surface area contributed by atoms with E-state index in [1.54, 1.807) is 0 Å². The lowest BCUT2D eigenvalue weighted by atomic mass is 10.1. The van der Waals surface area contributed by atoms with Crippen LogP contribution in [0.15, 0.2) is 54.9 Å². The first-order valence-electron chi connectivity index (χ1n) is 7.00. The van der Waals surface area contributed by atoms with Crippen LogP contribution in [-0.4, -0.2) is 21.8 Å². The fourth-order valence-corrected chi connectivity index (χ4v) is 2.30. The van der Waals surface area contributed by atoms with Crippen LogP contribution in [0.3, 0.4) is 0 Å². The van der Waals surface area contributed by atoms with E-state index in [4.69, 9.17) is 0 Å². The molecule has 106 valence electrons. The Hall–Kier alpha value is -2.62. The predicted molar refractivity (Wildman–Crippen MR) is 83.0 cm³/mol. The summed E-state index contributed by atoms with van der Waals surface area (Å²) in [6.07, 6.45) is 4.86. The summed E-state index contributed by atoms with van der Waals surface area (Å²) in [5.74, 6) is 0.0105. The van der Waals surface area contributed by atoms with Crippen molar-refractivity contribution in [1.82, 2.24) is 14.7 Å². The molecule has 0 saturated carbocycles. The highest BCUT2D eigenvalue weighted by Crippen LogP contribution is 2.19. The molecule has 0 aliphatic heterocycles. The first kappa shape index (κ1) is 13.4. The number of rotatable bonds is 4. The summed E-state index contributed by atoms with van der Waals surface area (Å²) in [6.45, 7) is 2.20. The van der Waals surface area contributed by atoms with Gasteiger partial charge in [0.1, 0.15) is 5.65 Å². The molecule has 4 nitrogen and oxygen atoms in total. The Morgan fingerprint density at radius 2 is 2.00 bits per heavy atom. The van der Waals surface area contributed by atoms with Gasteiger partial charge in [0.05, 0.1) is 5.69 Å². The van der Waals surface area contributed by atoms with E-state index in [1.165, 1.54) is 12.5 Å². The molecule has 0 radical (unpaired) electrons. The molecule has 0 bridgehead atoms. The van der Waals surface area contributed by atoms with E-state index in [2.05, 4.69) is 34.6 Å². The summed E-state index contributed by atoms with van der Waals surface area (Å²) in [6, 6.07) is 14.3. The normalized spacial score (nSPS) is 10.7. The van der Waals surface area contributed by atoms with Crippen molar-refractivity contribution in [2.45, 2.75) is 13.3 Å². The highest BCUT2D eigenvalue weighted by Gasteiger charge is 2.04. The van der Waals surface area contributed by atoms with Crippen molar-refractivity contribution in [3.8, 4) is 11.3 Å². The Morgan fingerprint density at radius 3 is 2.71 bits per heavy atom.